The lowest BCUT2D eigenvalue weighted by atomic mass is 10.2. The van der Waals surface area contributed by atoms with Gasteiger partial charge in [0.05, 0.1) is 29.7 Å². The number of anilines is 1. The molecule has 0 saturated carbocycles. The maximum atomic E-state index is 12.7. The second-order valence-corrected chi connectivity index (χ2v) is 8.34. The summed E-state index contributed by atoms with van der Waals surface area (Å²) in [4.78, 5) is 11.3. The van der Waals surface area contributed by atoms with Gasteiger partial charge in [0.25, 0.3) is 0 Å². The Bertz CT molecular complexity index is 1320. The van der Waals surface area contributed by atoms with E-state index in [9.17, 15) is 18.3 Å². The first-order valence-corrected chi connectivity index (χ1v) is 10.8. The molecule has 34 heavy (non-hydrogen) atoms. The van der Waals surface area contributed by atoms with Crippen molar-refractivity contribution in [1.82, 2.24) is 34.8 Å². The Hall–Kier alpha value is -3.51. The van der Waals surface area contributed by atoms with Crippen LogP contribution in [0.3, 0.4) is 0 Å². The van der Waals surface area contributed by atoms with Crippen molar-refractivity contribution >= 4 is 16.7 Å². The first kappa shape index (κ1) is 22.3. The predicted molar refractivity (Wildman–Crippen MR) is 120 cm³/mol. The summed E-state index contributed by atoms with van der Waals surface area (Å²) in [6.45, 7) is 3.27. The number of pyridine rings is 2. The molecule has 0 bridgehead atoms. The van der Waals surface area contributed by atoms with Crippen molar-refractivity contribution in [2.75, 3.05) is 31.1 Å². The Morgan fingerprint density at radius 1 is 1.18 bits per heavy atom. The lowest BCUT2D eigenvalue weighted by Crippen LogP contribution is -2.34. The van der Waals surface area contributed by atoms with Crippen molar-refractivity contribution in [3.05, 3.63) is 48.5 Å². The Kier molecular flexibility index (Phi) is 5.70. The Morgan fingerprint density at radius 3 is 2.85 bits per heavy atom. The molecule has 5 rings (SSSR count). The van der Waals surface area contributed by atoms with E-state index < -0.39 is 18.8 Å². The fraction of sp³-hybridized carbons (Fsp3) is 0.364. The second-order valence-electron chi connectivity index (χ2n) is 8.34. The van der Waals surface area contributed by atoms with E-state index >= 15 is 0 Å². The van der Waals surface area contributed by atoms with E-state index in [-0.39, 0.29) is 0 Å². The number of aromatic nitrogens is 6. The third-order valence-electron chi connectivity index (χ3n) is 5.66. The van der Waals surface area contributed by atoms with Gasteiger partial charge in [0, 0.05) is 49.5 Å². The van der Waals surface area contributed by atoms with Crippen LogP contribution in [0, 0.1) is 6.92 Å². The highest BCUT2D eigenvalue weighted by Gasteiger charge is 2.28. The van der Waals surface area contributed by atoms with Crippen LogP contribution >= 0.6 is 0 Å². The van der Waals surface area contributed by atoms with Gasteiger partial charge in [-0.2, -0.15) is 23.4 Å². The molecule has 4 aromatic rings. The zero-order valence-corrected chi connectivity index (χ0v) is 18.4. The highest BCUT2D eigenvalue weighted by Crippen LogP contribution is 2.26. The van der Waals surface area contributed by atoms with Gasteiger partial charge < -0.3 is 15.3 Å². The summed E-state index contributed by atoms with van der Waals surface area (Å²) in [5.41, 5.74) is 2.65. The molecule has 12 heteroatoms. The van der Waals surface area contributed by atoms with Crippen LogP contribution in [0.25, 0.3) is 28.0 Å². The van der Waals surface area contributed by atoms with Crippen LogP contribution in [0.2, 0.25) is 0 Å². The zero-order chi connectivity index (χ0) is 23.9. The summed E-state index contributed by atoms with van der Waals surface area (Å²) in [5.74, 6) is 1.36. The van der Waals surface area contributed by atoms with E-state index in [1.54, 1.807) is 23.1 Å². The molecule has 1 aliphatic rings. The molecule has 2 N–H and O–H groups in total. The highest BCUT2D eigenvalue weighted by molar-refractivity contribution is 5.83. The van der Waals surface area contributed by atoms with Crippen LogP contribution in [-0.2, 0) is 6.54 Å². The minimum atomic E-state index is -4.35. The maximum absolute atomic E-state index is 12.7. The molecular formula is C22H23F3N8O. The molecule has 0 amide bonds. The smallest absolute Gasteiger partial charge is 0.390 e. The molecule has 1 saturated heterocycles. The quantitative estimate of drug-likeness (QED) is 0.471. The number of fused-ring (bicyclic) bond motifs is 1. The van der Waals surface area contributed by atoms with Crippen LogP contribution in [0.5, 0.6) is 0 Å². The van der Waals surface area contributed by atoms with Crippen LogP contribution in [-0.4, -0.2) is 73.1 Å². The minimum Gasteiger partial charge on any atom is -0.390 e. The number of halogens is 3. The van der Waals surface area contributed by atoms with E-state index in [4.69, 9.17) is 4.98 Å². The summed E-state index contributed by atoms with van der Waals surface area (Å²) in [6, 6.07) is 5.58. The van der Waals surface area contributed by atoms with Crippen LogP contribution in [0.4, 0.5) is 19.0 Å². The number of hydrogen-bond donors (Lipinski definition) is 2. The number of aryl methyl sites for hydroxylation is 1. The number of aliphatic hydroxyl groups is 1. The molecule has 0 spiro atoms. The molecule has 0 aliphatic carbocycles. The van der Waals surface area contributed by atoms with Gasteiger partial charge in [-0.1, -0.05) is 6.07 Å². The molecule has 0 aromatic carbocycles. The fourth-order valence-electron chi connectivity index (χ4n) is 4.06. The predicted octanol–water partition coefficient (Wildman–Crippen LogP) is 2.32. The molecular weight excluding hydrogens is 449 g/mol. The molecule has 0 unspecified atom stereocenters. The molecule has 4 aromatic heterocycles. The third kappa shape index (κ3) is 4.59. The Morgan fingerprint density at radius 2 is 2.03 bits per heavy atom. The van der Waals surface area contributed by atoms with Crippen molar-refractivity contribution in [2.45, 2.75) is 25.7 Å². The number of hydrogen-bond acceptors (Lipinski definition) is 7. The van der Waals surface area contributed by atoms with Crippen LogP contribution < -0.4 is 10.2 Å². The first-order valence-electron chi connectivity index (χ1n) is 10.8. The van der Waals surface area contributed by atoms with Gasteiger partial charge in [-0.05, 0) is 24.6 Å². The van der Waals surface area contributed by atoms with Crippen molar-refractivity contribution in [2.24, 2.45) is 0 Å². The number of aliphatic hydroxyl groups excluding tert-OH is 1. The molecule has 9 nitrogen and oxygen atoms in total. The molecule has 178 valence electrons. The van der Waals surface area contributed by atoms with Crippen molar-refractivity contribution in [1.29, 1.82) is 0 Å². The lowest BCUT2D eigenvalue weighted by molar-refractivity contribution is -0.142. The molecule has 1 aliphatic heterocycles. The summed E-state index contributed by atoms with van der Waals surface area (Å²) in [7, 11) is 0. The third-order valence-corrected chi connectivity index (χ3v) is 5.66. The van der Waals surface area contributed by atoms with Gasteiger partial charge in [-0.15, -0.1) is 0 Å². The summed E-state index contributed by atoms with van der Waals surface area (Å²) in [6.07, 6.45) is 1.13. The highest BCUT2D eigenvalue weighted by atomic mass is 19.4. The normalized spacial score (nSPS) is 17.3. The topological polar surface area (TPSA) is 96.9 Å². The van der Waals surface area contributed by atoms with Gasteiger partial charge in [0.1, 0.15) is 12.4 Å². The second kappa shape index (κ2) is 8.69. The zero-order valence-electron chi connectivity index (χ0n) is 18.4. The number of rotatable bonds is 4. The van der Waals surface area contributed by atoms with Crippen molar-refractivity contribution in [3.63, 3.8) is 0 Å². The summed E-state index contributed by atoms with van der Waals surface area (Å²) >= 11 is 0. The average Bonchev–Trinajstić information content (AvgIpc) is 3.35. The molecule has 0 radical (unpaired) electrons. The van der Waals surface area contributed by atoms with E-state index in [1.165, 1.54) is 12.4 Å². The largest absolute Gasteiger partial charge is 0.408 e. The molecule has 1 fully saturated rings. The summed E-state index contributed by atoms with van der Waals surface area (Å²) < 4.78 is 40.6. The number of β-amino-alcohol motifs (C(OH)–C–C–N with tert-alkyl or cyclic N) is 1. The maximum Gasteiger partial charge on any atom is 0.408 e. The van der Waals surface area contributed by atoms with Gasteiger partial charge in [-0.25, -0.2) is 9.67 Å². The number of nitrogens with zero attached hydrogens (tertiary/aromatic N) is 7. The van der Waals surface area contributed by atoms with E-state index in [2.05, 4.69) is 25.4 Å². The van der Waals surface area contributed by atoms with Gasteiger partial charge >= 0.3 is 6.18 Å². The van der Waals surface area contributed by atoms with E-state index in [1.807, 2.05) is 19.1 Å². The number of nitrogens with one attached hydrogen (secondary N) is 1. The minimum absolute atomic E-state index is 0.472. The Balaban J connectivity index is 1.50. The van der Waals surface area contributed by atoms with Gasteiger partial charge in [0.15, 0.2) is 5.82 Å². The number of alkyl halides is 3. The lowest BCUT2D eigenvalue weighted by Gasteiger charge is -2.25. The molecule has 5 heterocycles. The SMILES string of the molecule is Cc1ccc(-n2ncc3cnc(-c4cnn(CC(F)(F)F)c4)cc32)nc1N1CCNC[C@@H](O)C1. The Labute approximate surface area is 192 Å². The van der Waals surface area contributed by atoms with E-state index in [0.29, 0.717) is 42.2 Å². The fourth-order valence-corrected chi connectivity index (χ4v) is 4.06. The standard InChI is InChI=1S/C22H23F3N8O/c1-14-2-3-20(30-21(14)31-5-4-26-10-17(34)12-31)33-19-6-18(27-7-15(19)8-29-33)16-9-28-32(11-16)13-22(23,24)25/h2-3,6-9,11,17,26,34H,4-5,10,12-13H2,1H3/t17-/m1/s1. The molecule has 1 atom stereocenters. The monoisotopic (exact) mass is 472 g/mol. The van der Waals surface area contributed by atoms with Crippen LogP contribution in [0.1, 0.15) is 5.56 Å². The van der Waals surface area contributed by atoms with Crippen LogP contribution in [0.15, 0.2) is 43.0 Å². The van der Waals surface area contributed by atoms with Crippen molar-refractivity contribution in [3.8, 4) is 17.1 Å². The van der Waals surface area contributed by atoms with Gasteiger partial charge in [-0.3, -0.25) is 9.67 Å². The van der Waals surface area contributed by atoms with Crippen molar-refractivity contribution < 1.29 is 18.3 Å². The van der Waals surface area contributed by atoms with Gasteiger partial charge in [0.2, 0.25) is 0 Å². The average molecular weight is 472 g/mol. The van der Waals surface area contributed by atoms with E-state index in [0.717, 1.165) is 28.0 Å². The summed E-state index contributed by atoms with van der Waals surface area (Å²) in [5, 5.41) is 22.4. The first-order chi connectivity index (χ1) is 16.3.